The fourth-order valence-corrected chi connectivity index (χ4v) is 13.5. The molecule has 1 fully saturated rings. The van der Waals surface area contributed by atoms with Crippen molar-refractivity contribution in [1.29, 1.82) is 0 Å². The Morgan fingerprint density at radius 2 is 1.63 bits per heavy atom. The van der Waals surface area contributed by atoms with E-state index in [4.69, 9.17) is 9.47 Å². The first-order valence-corrected chi connectivity index (χ1v) is 23.3. The largest absolute Gasteiger partial charge is 0.497 e. The van der Waals surface area contributed by atoms with Crippen molar-refractivity contribution in [2.75, 3.05) is 30.5 Å². The highest BCUT2D eigenvalue weighted by atomic mass is 28.3. The lowest BCUT2D eigenvalue weighted by Crippen LogP contribution is -2.52. The van der Waals surface area contributed by atoms with Crippen LogP contribution in [0.1, 0.15) is 30.0 Å². The zero-order valence-corrected chi connectivity index (χ0v) is 34.9. The number of anilines is 3. The summed E-state index contributed by atoms with van der Waals surface area (Å²) in [6, 6.07) is 40.8. The van der Waals surface area contributed by atoms with Crippen LogP contribution in [0.2, 0.25) is 18.6 Å². The van der Waals surface area contributed by atoms with Crippen molar-refractivity contribution in [3.63, 3.8) is 0 Å². The number of carbonyl (C=O) groups is 3. The SMILES string of the molecule is COc1ccc([Si](C)(C)[C@@H]2[C@@H](CC(=O)N(CCO)Cc3ccccc3)O[C@]3(C(=O)N(c4ccccc4)c4ccc(NC(=O)Cc5c[nH]c6ccccc56)cc43)[C@H]2C)cc1. The predicted molar refractivity (Wildman–Crippen MR) is 234 cm³/mol. The average Bonchev–Trinajstić information content (AvgIpc) is 3.87. The van der Waals surface area contributed by atoms with Gasteiger partial charge in [0, 0.05) is 53.0 Å². The van der Waals surface area contributed by atoms with Crippen molar-refractivity contribution in [3.05, 3.63) is 150 Å². The number of rotatable bonds is 13. The number of H-pyrrole nitrogens is 1. The first-order valence-electron chi connectivity index (χ1n) is 20.2. The first-order chi connectivity index (χ1) is 28.5. The second-order valence-corrected chi connectivity index (χ2v) is 20.9. The standard InChI is InChI=1S/C48H50N4O6Si/c1-32-46(59(3,4)38-22-20-37(57-2)21-23-38)43(29-45(55)51(25-26-53)31-33-13-7-5-8-14-33)58-48(32)40-28-35(19-24-42(40)52(47(48)56)36-15-9-6-10-16-36)50-44(54)27-34-30-49-41-18-12-11-17-39(34)41/h5-24,28,30,32,43,46,49,53H,25-27,29,31H2,1-4H3,(H,50,54)/t32-,43+,46-,48+/m0/s1. The molecule has 6 aromatic rings. The molecular formula is C48H50N4O6Si. The number of aromatic amines is 1. The Kier molecular flexibility index (Phi) is 11.0. The fraction of sp³-hybridized carbons (Fsp3) is 0.271. The molecule has 3 heterocycles. The maximum absolute atomic E-state index is 15.4. The maximum atomic E-state index is 15.4. The van der Waals surface area contributed by atoms with E-state index in [0.717, 1.165) is 33.0 Å². The van der Waals surface area contributed by atoms with E-state index >= 15 is 4.79 Å². The van der Waals surface area contributed by atoms with Crippen molar-refractivity contribution in [2.45, 2.75) is 56.7 Å². The number of para-hydroxylation sites is 2. The van der Waals surface area contributed by atoms with Gasteiger partial charge in [0.25, 0.3) is 5.91 Å². The fourth-order valence-electron chi connectivity index (χ4n) is 9.52. The maximum Gasteiger partial charge on any atom is 0.268 e. The summed E-state index contributed by atoms with van der Waals surface area (Å²) in [6.07, 6.45) is 1.40. The van der Waals surface area contributed by atoms with Crippen molar-refractivity contribution in [1.82, 2.24) is 9.88 Å². The van der Waals surface area contributed by atoms with Gasteiger partial charge in [0.15, 0.2) is 5.60 Å². The minimum Gasteiger partial charge on any atom is -0.497 e. The van der Waals surface area contributed by atoms with Gasteiger partial charge in [0.2, 0.25) is 11.8 Å². The van der Waals surface area contributed by atoms with E-state index in [1.54, 1.807) is 16.9 Å². The zero-order valence-electron chi connectivity index (χ0n) is 33.9. The summed E-state index contributed by atoms with van der Waals surface area (Å²) >= 11 is 0. The molecule has 8 rings (SSSR count). The Morgan fingerprint density at radius 1 is 0.932 bits per heavy atom. The van der Waals surface area contributed by atoms with Crippen LogP contribution in [0, 0.1) is 5.92 Å². The monoisotopic (exact) mass is 806 g/mol. The van der Waals surface area contributed by atoms with Crippen LogP contribution < -0.4 is 20.1 Å². The molecule has 1 spiro atoms. The lowest BCUT2D eigenvalue weighted by Gasteiger charge is -2.37. The van der Waals surface area contributed by atoms with Crippen molar-refractivity contribution >= 4 is 58.9 Å². The zero-order chi connectivity index (χ0) is 41.3. The molecule has 302 valence electrons. The van der Waals surface area contributed by atoms with Crippen molar-refractivity contribution < 1.29 is 29.0 Å². The quantitative estimate of drug-likeness (QED) is 0.103. The van der Waals surface area contributed by atoms with Gasteiger partial charge in [-0.2, -0.15) is 0 Å². The highest BCUT2D eigenvalue weighted by Gasteiger charge is 2.67. The van der Waals surface area contributed by atoms with Gasteiger partial charge in [-0.05, 0) is 65.2 Å². The van der Waals surface area contributed by atoms with Crippen molar-refractivity contribution in [2.24, 2.45) is 5.92 Å². The second kappa shape index (κ2) is 16.3. The Hall–Kier alpha value is -6.01. The number of hydrogen-bond acceptors (Lipinski definition) is 6. The highest BCUT2D eigenvalue weighted by Crippen LogP contribution is 2.61. The van der Waals surface area contributed by atoms with E-state index in [0.29, 0.717) is 29.2 Å². The molecule has 0 unspecified atom stereocenters. The van der Waals surface area contributed by atoms with Crippen molar-refractivity contribution in [3.8, 4) is 5.75 Å². The molecule has 3 N–H and O–H groups in total. The molecule has 1 saturated heterocycles. The molecule has 59 heavy (non-hydrogen) atoms. The van der Waals surface area contributed by atoms with Crippen LogP contribution in [0.3, 0.4) is 0 Å². The number of ether oxygens (including phenoxy) is 2. The summed E-state index contributed by atoms with van der Waals surface area (Å²) in [5.74, 6) is -0.225. The molecule has 1 aromatic heterocycles. The normalized spacial score (nSPS) is 19.9. The number of fused-ring (bicyclic) bond motifs is 3. The number of aromatic nitrogens is 1. The topological polar surface area (TPSA) is 124 Å². The van der Waals surface area contributed by atoms with Gasteiger partial charge in [0.1, 0.15) is 5.75 Å². The molecule has 0 aliphatic carbocycles. The van der Waals surface area contributed by atoms with Crippen LogP contribution in [-0.2, 0) is 37.7 Å². The van der Waals surface area contributed by atoms with E-state index < -0.39 is 19.8 Å². The molecule has 4 atom stereocenters. The lowest BCUT2D eigenvalue weighted by molar-refractivity contribution is -0.149. The van der Waals surface area contributed by atoms with Crippen LogP contribution in [0.5, 0.6) is 5.75 Å². The van der Waals surface area contributed by atoms with E-state index in [1.807, 2.05) is 121 Å². The number of benzene rings is 5. The summed E-state index contributed by atoms with van der Waals surface area (Å²) in [6.45, 7) is 6.96. The van der Waals surface area contributed by atoms with Crippen LogP contribution in [0.4, 0.5) is 17.1 Å². The molecule has 2 aliphatic heterocycles. The van der Waals surface area contributed by atoms with Gasteiger partial charge < -0.3 is 29.8 Å². The van der Waals surface area contributed by atoms with Gasteiger partial charge >= 0.3 is 0 Å². The van der Waals surface area contributed by atoms with E-state index in [-0.39, 0.29) is 55.2 Å². The Labute approximate surface area is 345 Å². The number of aliphatic hydroxyl groups excluding tert-OH is 1. The van der Waals surface area contributed by atoms with Gasteiger partial charge in [-0.1, -0.05) is 104 Å². The Morgan fingerprint density at radius 3 is 2.34 bits per heavy atom. The number of nitrogens with zero attached hydrogens (tertiary/aromatic N) is 2. The molecule has 2 aliphatic rings. The minimum atomic E-state index is -2.59. The number of carbonyl (C=O) groups excluding carboxylic acids is 3. The number of hydrogen-bond donors (Lipinski definition) is 3. The molecule has 0 radical (unpaired) electrons. The molecule has 10 nitrogen and oxygen atoms in total. The van der Waals surface area contributed by atoms with E-state index in [1.165, 1.54) is 0 Å². The summed E-state index contributed by atoms with van der Waals surface area (Å²) < 4.78 is 12.8. The number of methoxy groups -OCH3 is 1. The summed E-state index contributed by atoms with van der Waals surface area (Å²) in [4.78, 5) is 50.2. The molecule has 0 saturated carbocycles. The molecule has 0 bridgehead atoms. The average molecular weight is 807 g/mol. The molecule has 11 heteroatoms. The summed E-state index contributed by atoms with van der Waals surface area (Å²) in [5.41, 5.74) is 3.68. The lowest BCUT2D eigenvalue weighted by atomic mass is 9.82. The number of aliphatic hydroxyl groups is 1. The molecular weight excluding hydrogens is 757 g/mol. The predicted octanol–water partition coefficient (Wildman–Crippen LogP) is 7.66. The van der Waals surface area contributed by atoms with Gasteiger partial charge in [-0.25, -0.2) is 0 Å². The number of amides is 3. The van der Waals surface area contributed by atoms with Crippen LogP contribution >= 0.6 is 0 Å². The smallest absolute Gasteiger partial charge is 0.268 e. The Bertz CT molecular complexity index is 2470. The van der Waals surface area contributed by atoms with E-state index in [9.17, 15) is 14.7 Å². The van der Waals surface area contributed by atoms with Crippen LogP contribution in [0.15, 0.2) is 134 Å². The third kappa shape index (κ3) is 7.34. The highest BCUT2D eigenvalue weighted by molar-refractivity contribution is 6.91. The minimum absolute atomic E-state index is 0.0190. The summed E-state index contributed by atoms with van der Waals surface area (Å²) in [5, 5.41) is 15.3. The van der Waals surface area contributed by atoms with Gasteiger partial charge in [-0.15, -0.1) is 0 Å². The first kappa shape index (κ1) is 39.8. The summed E-state index contributed by atoms with van der Waals surface area (Å²) in [7, 11) is -0.948. The third-order valence-electron chi connectivity index (χ3n) is 12.4. The second-order valence-electron chi connectivity index (χ2n) is 16.2. The van der Waals surface area contributed by atoms with Gasteiger partial charge in [-0.3, -0.25) is 19.3 Å². The van der Waals surface area contributed by atoms with Gasteiger partial charge in [0.05, 0.1) is 46.4 Å². The van der Waals surface area contributed by atoms with Crippen LogP contribution in [0.25, 0.3) is 10.9 Å². The molecule has 3 amide bonds. The van der Waals surface area contributed by atoms with Crippen LogP contribution in [-0.4, -0.2) is 67.2 Å². The van der Waals surface area contributed by atoms with E-state index in [2.05, 4.69) is 42.5 Å². The third-order valence-corrected chi connectivity index (χ3v) is 16.7. The molecule has 5 aromatic carbocycles. The Balaban J connectivity index is 1.20. The number of nitrogens with one attached hydrogen (secondary N) is 2.